The second-order valence-electron chi connectivity index (χ2n) is 8.75. The summed E-state index contributed by atoms with van der Waals surface area (Å²) in [5.41, 5.74) is 2.49. The number of nitrogens with zero attached hydrogens (tertiary/aromatic N) is 3. The lowest BCUT2D eigenvalue weighted by atomic mass is 9.92. The Bertz CT molecular complexity index is 747. The Morgan fingerprint density at radius 3 is 2.50 bits per heavy atom. The molecule has 0 spiro atoms. The standard InChI is InChI=1S/C22H32N4/c1-16-24-21-4-2-3-5-22(21)26(16)20-14-18-6-7-19(15-20)25(18)13-10-17-8-11-23-12-9-17/h2-5,17-20,23H,6-15H2,1H3. The van der Waals surface area contributed by atoms with Crippen molar-refractivity contribution in [2.75, 3.05) is 19.6 Å². The molecule has 5 rings (SSSR count). The lowest BCUT2D eigenvalue weighted by Crippen LogP contribution is -2.44. The Morgan fingerprint density at radius 2 is 1.73 bits per heavy atom. The van der Waals surface area contributed by atoms with Gasteiger partial charge in [-0.2, -0.15) is 0 Å². The maximum atomic E-state index is 4.82. The van der Waals surface area contributed by atoms with Crippen LogP contribution in [0.3, 0.4) is 0 Å². The molecule has 2 atom stereocenters. The summed E-state index contributed by atoms with van der Waals surface area (Å²) in [4.78, 5) is 7.70. The number of benzene rings is 1. The number of hydrogen-bond donors (Lipinski definition) is 1. The Balaban J connectivity index is 1.30. The molecular weight excluding hydrogens is 320 g/mol. The van der Waals surface area contributed by atoms with Gasteiger partial charge in [-0.3, -0.25) is 4.90 Å². The fraction of sp³-hybridized carbons (Fsp3) is 0.682. The maximum Gasteiger partial charge on any atom is 0.106 e. The van der Waals surface area contributed by atoms with E-state index in [1.165, 1.54) is 75.9 Å². The number of rotatable bonds is 4. The molecule has 4 heteroatoms. The first-order valence-corrected chi connectivity index (χ1v) is 10.7. The minimum atomic E-state index is 0.634. The van der Waals surface area contributed by atoms with Crippen LogP contribution in [0.2, 0.25) is 0 Å². The van der Waals surface area contributed by atoms with Gasteiger partial charge in [0.2, 0.25) is 0 Å². The van der Waals surface area contributed by atoms with Crippen molar-refractivity contribution in [3.05, 3.63) is 30.1 Å². The predicted octanol–water partition coefficient (Wildman–Crippen LogP) is 3.90. The van der Waals surface area contributed by atoms with Gasteiger partial charge in [-0.05, 0) is 89.6 Å². The van der Waals surface area contributed by atoms with E-state index < -0.39 is 0 Å². The molecule has 4 heterocycles. The highest BCUT2D eigenvalue weighted by molar-refractivity contribution is 5.76. The largest absolute Gasteiger partial charge is 0.325 e. The summed E-state index contributed by atoms with van der Waals surface area (Å²) in [6.07, 6.45) is 9.59. The Kier molecular flexibility index (Phi) is 4.49. The fourth-order valence-electron chi connectivity index (χ4n) is 5.95. The van der Waals surface area contributed by atoms with Crippen molar-refractivity contribution < 1.29 is 0 Å². The van der Waals surface area contributed by atoms with Crippen LogP contribution in [-0.2, 0) is 0 Å². The number of para-hydroxylation sites is 2. The van der Waals surface area contributed by atoms with Crippen LogP contribution < -0.4 is 5.32 Å². The van der Waals surface area contributed by atoms with E-state index in [0.29, 0.717) is 6.04 Å². The maximum absolute atomic E-state index is 4.82. The molecule has 140 valence electrons. The van der Waals surface area contributed by atoms with E-state index in [1.54, 1.807) is 0 Å². The molecule has 3 fully saturated rings. The van der Waals surface area contributed by atoms with E-state index in [-0.39, 0.29) is 0 Å². The number of hydrogen-bond acceptors (Lipinski definition) is 3. The minimum Gasteiger partial charge on any atom is -0.325 e. The van der Waals surface area contributed by atoms with Crippen LogP contribution in [0.15, 0.2) is 24.3 Å². The summed E-state index contributed by atoms with van der Waals surface area (Å²) in [5.74, 6) is 2.15. The zero-order chi connectivity index (χ0) is 17.5. The third kappa shape index (κ3) is 2.97. The molecular formula is C22H32N4. The molecule has 1 aromatic heterocycles. The van der Waals surface area contributed by atoms with Crippen LogP contribution >= 0.6 is 0 Å². The summed E-state index contributed by atoms with van der Waals surface area (Å²) in [7, 11) is 0. The molecule has 1 aromatic carbocycles. The van der Waals surface area contributed by atoms with Gasteiger partial charge in [-0.1, -0.05) is 12.1 Å². The van der Waals surface area contributed by atoms with Crippen molar-refractivity contribution in [3.63, 3.8) is 0 Å². The highest BCUT2D eigenvalue weighted by atomic mass is 15.2. The van der Waals surface area contributed by atoms with E-state index in [1.807, 2.05) is 0 Å². The highest BCUT2D eigenvalue weighted by Gasteiger charge is 2.41. The topological polar surface area (TPSA) is 33.1 Å². The average molecular weight is 353 g/mol. The SMILES string of the molecule is Cc1nc2ccccc2n1C1CC2CCC(C1)N2CCC1CCNCC1. The van der Waals surface area contributed by atoms with Crippen molar-refractivity contribution in [2.24, 2.45) is 5.92 Å². The molecule has 0 saturated carbocycles. The smallest absolute Gasteiger partial charge is 0.106 e. The molecule has 3 saturated heterocycles. The molecule has 1 N–H and O–H groups in total. The van der Waals surface area contributed by atoms with Crippen molar-refractivity contribution in [2.45, 2.75) is 70.0 Å². The number of nitrogens with one attached hydrogen (secondary N) is 1. The van der Waals surface area contributed by atoms with Crippen molar-refractivity contribution in [1.29, 1.82) is 0 Å². The van der Waals surface area contributed by atoms with E-state index in [2.05, 4.69) is 46.0 Å². The van der Waals surface area contributed by atoms with Gasteiger partial charge < -0.3 is 9.88 Å². The highest BCUT2D eigenvalue weighted by Crippen LogP contribution is 2.42. The van der Waals surface area contributed by atoms with Gasteiger partial charge in [-0.15, -0.1) is 0 Å². The molecule has 0 amide bonds. The van der Waals surface area contributed by atoms with Gasteiger partial charge in [0.25, 0.3) is 0 Å². The third-order valence-corrected chi connectivity index (χ3v) is 7.25. The second-order valence-corrected chi connectivity index (χ2v) is 8.75. The van der Waals surface area contributed by atoms with Gasteiger partial charge in [-0.25, -0.2) is 4.98 Å². The van der Waals surface area contributed by atoms with E-state index in [4.69, 9.17) is 4.98 Å². The zero-order valence-corrected chi connectivity index (χ0v) is 16.0. The molecule has 2 aromatic rings. The van der Waals surface area contributed by atoms with Crippen LogP contribution in [0.5, 0.6) is 0 Å². The van der Waals surface area contributed by atoms with Gasteiger partial charge in [0.05, 0.1) is 11.0 Å². The number of imidazole rings is 1. The van der Waals surface area contributed by atoms with Crippen molar-refractivity contribution >= 4 is 11.0 Å². The molecule has 3 aliphatic rings. The quantitative estimate of drug-likeness (QED) is 0.906. The normalized spacial score (nSPS) is 30.3. The summed E-state index contributed by atoms with van der Waals surface area (Å²) in [6.45, 7) is 5.97. The van der Waals surface area contributed by atoms with Crippen LogP contribution in [0.1, 0.15) is 56.8 Å². The average Bonchev–Trinajstić information content (AvgIpc) is 3.12. The van der Waals surface area contributed by atoms with Gasteiger partial charge in [0, 0.05) is 18.1 Å². The Hall–Kier alpha value is -1.39. The van der Waals surface area contributed by atoms with Crippen LogP contribution in [0.25, 0.3) is 11.0 Å². The van der Waals surface area contributed by atoms with Gasteiger partial charge >= 0.3 is 0 Å². The summed E-state index contributed by atoms with van der Waals surface area (Å²) in [5, 5.41) is 3.50. The first-order valence-electron chi connectivity index (χ1n) is 10.7. The van der Waals surface area contributed by atoms with Gasteiger partial charge in [0.1, 0.15) is 5.82 Å². The lowest BCUT2D eigenvalue weighted by Gasteiger charge is -2.40. The minimum absolute atomic E-state index is 0.634. The number of aryl methyl sites for hydroxylation is 1. The molecule has 2 unspecified atom stereocenters. The molecule has 0 aliphatic carbocycles. The first-order chi connectivity index (χ1) is 12.8. The van der Waals surface area contributed by atoms with E-state index in [9.17, 15) is 0 Å². The van der Waals surface area contributed by atoms with E-state index >= 15 is 0 Å². The number of aromatic nitrogens is 2. The zero-order valence-electron chi connectivity index (χ0n) is 16.0. The molecule has 3 aliphatic heterocycles. The monoisotopic (exact) mass is 352 g/mol. The Labute approximate surface area is 157 Å². The lowest BCUT2D eigenvalue weighted by molar-refractivity contribution is 0.0979. The van der Waals surface area contributed by atoms with Crippen molar-refractivity contribution in [3.8, 4) is 0 Å². The summed E-state index contributed by atoms with van der Waals surface area (Å²) in [6, 6.07) is 10.9. The molecule has 26 heavy (non-hydrogen) atoms. The fourth-order valence-corrected chi connectivity index (χ4v) is 5.95. The van der Waals surface area contributed by atoms with Crippen LogP contribution in [0.4, 0.5) is 0 Å². The summed E-state index contributed by atoms with van der Waals surface area (Å²) < 4.78 is 2.55. The van der Waals surface area contributed by atoms with Gasteiger partial charge in [0.15, 0.2) is 0 Å². The predicted molar refractivity (Wildman–Crippen MR) is 106 cm³/mol. The van der Waals surface area contributed by atoms with E-state index in [0.717, 1.165) is 23.5 Å². The number of piperidine rings is 2. The molecule has 2 bridgehead atoms. The van der Waals surface area contributed by atoms with Crippen LogP contribution in [-0.4, -0.2) is 46.2 Å². The second kappa shape index (κ2) is 6.97. The Morgan fingerprint density at radius 1 is 1.00 bits per heavy atom. The van der Waals surface area contributed by atoms with Crippen LogP contribution in [0, 0.1) is 12.8 Å². The van der Waals surface area contributed by atoms with Crippen molar-refractivity contribution in [1.82, 2.24) is 19.8 Å². The first kappa shape index (κ1) is 16.8. The summed E-state index contributed by atoms with van der Waals surface area (Å²) >= 11 is 0. The third-order valence-electron chi connectivity index (χ3n) is 7.25. The number of fused-ring (bicyclic) bond motifs is 3. The molecule has 4 nitrogen and oxygen atoms in total. The molecule has 0 radical (unpaired) electrons.